The highest BCUT2D eigenvalue weighted by molar-refractivity contribution is 7.12. The summed E-state index contributed by atoms with van der Waals surface area (Å²) in [4.78, 5) is 17.1. The molecule has 2 aromatic rings. The standard InChI is InChI=1S/C10H9NO2S2/c1-7-2-3-14-9(7)10(12)13-5-8-4-11-6-15-8/h2-4,6H,5H2,1H3. The van der Waals surface area contributed by atoms with Gasteiger partial charge in [-0.2, -0.15) is 0 Å². The van der Waals surface area contributed by atoms with Crippen LogP contribution in [0, 0.1) is 6.92 Å². The molecule has 0 spiro atoms. The molecule has 3 nitrogen and oxygen atoms in total. The lowest BCUT2D eigenvalue weighted by molar-refractivity contribution is 0.0481. The summed E-state index contributed by atoms with van der Waals surface area (Å²) in [5, 5.41) is 1.89. The van der Waals surface area contributed by atoms with Gasteiger partial charge in [0, 0.05) is 6.20 Å². The molecule has 0 bridgehead atoms. The molecule has 2 rings (SSSR count). The molecule has 0 aliphatic carbocycles. The number of rotatable bonds is 3. The Morgan fingerprint density at radius 2 is 2.40 bits per heavy atom. The molecule has 78 valence electrons. The van der Waals surface area contributed by atoms with Crippen LogP contribution in [0.3, 0.4) is 0 Å². The molecular formula is C10H9NO2S2. The normalized spacial score (nSPS) is 10.2. The number of hydrogen-bond donors (Lipinski definition) is 0. The van der Waals surface area contributed by atoms with Gasteiger partial charge in [0.1, 0.15) is 11.5 Å². The van der Waals surface area contributed by atoms with Gasteiger partial charge < -0.3 is 4.74 Å². The van der Waals surface area contributed by atoms with E-state index in [-0.39, 0.29) is 5.97 Å². The SMILES string of the molecule is Cc1ccsc1C(=O)OCc1cncs1. The van der Waals surface area contributed by atoms with Crippen molar-refractivity contribution in [3.63, 3.8) is 0 Å². The maximum atomic E-state index is 11.6. The van der Waals surface area contributed by atoms with Crippen LogP contribution in [0.4, 0.5) is 0 Å². The number of carbonyl (C=O) groups is 1. The predicted molar refractivity (Wildman–Crippen MR) is 60.3 cm³/mol. The largest absolute Gasteiger partial charge is 0.456 e. The third-order valence-electron chi connectivity index (χ3n) is 1.88. The van der Waals surface area contributed by atoms with Gasteiger partial charge in [-0.05, 0) is 23.9 Å². The van der Waals surface area contributed by atoms with E-state index in [0.717, 1.165) is 10.4 Å². The molecule has 0 atom stereocenters. The fourth-order valence-electron chi connectivity index (χ4n) is 1.10. The minimum atomic E-state index is -0.254. The molecule has 0 saturated carbocycles. The molecule has 0 saturated heterocycles. The summed E-state index contributed by atoms with van der Waals surface area (Å²) in [7, 11) is 0. The maximum Gasteiger partial charge on any atom is 0.348 e. The number of nitrogens with zero attached hydrogens (tertiary/aromatic N) is 1. The highest BCUT2D eigenvalue weighted by Crippen LogP contribution is 2.17. The number of esters is 1. The van der Waals surface area contributed by atoms with Crippen LogP contribution in [0.25, 0.3) is 0 Å². The Hall–Kier alpha value is -1.20. The Kier molecular flexibility index (Phi) is 3.13. The molecule has 0 N–H and O–H groups in total. The summed E-state index contributed by atoms with van der Waals surface area (Å²) in [5.41, 5.74) is 2.69. The predicted octanol–water partition coefficient (Wildman–Crippen LogP) is 2.87. The van der Waals surface area contributed by atoms with E-state index in [1.807, 2.05) is 18.4 Å². The van der Waals surface area contributed by atoms with Crippen molar-refractivity contribution in [2.24, 2.45) is 0 Å². The lowest BCUT2D eigenvalue weighted by atomic mass is 10.3. The van der Waals surface area contributed by atoms with Crippen molar-refractivity contribution in [2.45, 2.75) is 13.5 Å². The van der Waals surface area contributed by atoms with E-state index in [0.29, 0.717) is 11.5 Å². The molecule has 0 radical (unpaired) electrons. The van der Waals surface area contributed by atoms with Crippen LogP contribution in [-0.2, 0) is 11.3 Å². The third-order valence-corrected chi connectivity index (χ3v) is 3.63. The van der Waals surface area contributed by atoms with E-state index in [1.165, 1.54) is 22.7 Å². The zero-order valence-electron chi connectivity index (χ0n) is 8.10. The second-order valence-corrected chi connectivity index (χ2v) is 4.86. The van der Waals surface area contributed by atoms with Crippen molar-refractivity contribution >= 4 is 28.6 Å². The van der Waals surface area contributed by atoms with E-state index in [4.69, 9.17) is 4.74 Å². The number of aromatic nitrogens is 1. The number of thiazole rings is 1. The highest BCUT2D eigenvalue weighted by atomic mass is 32.1. The van der Waals surface area contributed by atoms with Gasteiger partial charge in [-0.3, -0.25) is 4.98 Å². The van der Waals surface area contributed by atoms with Crippen LogP contribution in [0.15, 0.2) is 23.2 Å². The van der Waals surface area contributed by atoms with E-state index in [1.54, 1.807) is 11.7 Å². The summed E-state index contributed by atoms with van der Waals surface area (Å²) < 4.78 is 5.15. The molecule has 5 heteroatoms. The summed E-state index contributed by atoms with van der Waals surface area (Å²) in [5.74, 6) is -0.254. The zero-order chi connectivity index (χ0) is 10.7. The molecule has 0 fully saturated rings. The Balaban J connectivity index is 1.96. The second kappa shape index (κ2) is 4.55. The molecule has 0 amide bonds. The van der Waals surface area contributed by atoms with Gasteiger partial charge in [-0.1, -0.05) is 0 Å². The minimum Gasteiger partial charge on any atom is -0.456 e. The second-order valence-electron chi connectivity index (χ2n) is 2.98. The topological polar surface area (TPSA) is 39.2 Å². The van der Waals surface area contributed by atoms with Crippen LogP contribution >= 0.6 is 22.7 Å². The number of aryl methyl sites for hydroxylation is 1. The quantitative estimate of drug-likeness (QED) is 0.773. The third kappa shape index (κ3) is 2.43. The Bertz CT molecular complexity index is 448. The number of carbonyl (C=O) groups excluding carboxylic acids is 1. The van der Waals surface area contributed by atoms with Crippen LogP contribution in [-0.4, -0.2) is 11.0 Å². The van der Waals surface area contributed by atoms with Crippen molar-refractivity contribution in [2.75, 3.05) is 0 Å². The van der Waals surface area contributed by atoms with Crippen LogP contribution in [0.1, 0.15) is 20.1 Å². The van der Waals surface area contributed by atoms with Crippen LogP contribution < -0.4 is 0 Å². The molecule has 15 heavy (non-hydrogen) atoms. The van der Waals surface area contributed by atoms with Crippen molar-refractivity contribution in [3.8, 4) is 0 Å². The van der Waals surface area contributed by atoms with Gasteiger partial charge in [0.2, 0.25) is 0 Å². The average molecular weight is 239 g/mol. The molecule has 2 aromatic heterocycles. The van der Waals surface area contributed by atoms with E-state index in [9.17, 15) is 4.79 Å². The monoisotopic (exact) mass is 239 g/mol. The van der Waals surface area contributed by atoms with Crippen LogP contribution in [0.2, 0.25) is 0 Å². The summed E-state index contributed by atoms with van der Waals surface area (Å²) in [6, 6.07) is 1.91. The molecule has 2 heterocycles. The molecule has 0 unspecified atom stereocenters. The Morgan fingerprint density at radius 1 is 1.53 bits per heavy atom. The zero-order valence-corrected chi connectivity index (χ0v) is 9.73. The molecule has 0 aliphatic rings. The van der Waals surface area contributed by atoms with Gasteiger partial charge in [0.05, 0.1) is 10.4 Å². The summed E-state index contributed by atoms with van der Waals surface area (Å²) in [6.07, 6.45) is 1.71. The highest BCUT2D eigenvalue weighted by Gasteiger charge is 2.11. The number of hydrogen-bond acceptors (Lipinski definition) is 5. The van der Waals surface area contributed by atoms with Gasteiger partial charge in [0.25, 0.3) is 0 Å². The first-order valence-corrected chi connectivity index (χ1v) is 6.12. The van der Waals surface area contributed by atoms with Gasteiger partial charge >= 0.3 is 5.97 Å². The average Bonchev–Trinajstić information content (AvgIpc) is 2.84. The number of ether oxygens (including phenoxy) is 1. The van der Waals surface area contributed by atoms with Crippen LogP contribution in [0.5, 0.6) is 0 Å². The molecule has 0 aromatic carbocycles. The summed E-state index contributed by atoms with van der Waals surface area (Å²) in [6.45, 7) is 2.21. The van der Waals surface area contributed by atoms with Crippen molar-refractivity contribution in [1.82, 2.24) is 4.98 Å². The fourth-order valence-corrected chi connectivity index (χ4v) is 2.42. The smallest absolute Gasteiger partial charge is 0.348 e. The maximum absolute atomic E-state index is 11.6. The molecular weight excluding hydrogens is 230 g/mol. The number of thiophene rings is 1. The minimum absolute atomic E-state index is 0.254. The van der Waals surface area contributed by atoms with Gasteiger partial charge in [-0.15, -0.1) is 22.7 Å². The summed E-state index contributed by atoms with van der Waals surface area (Å²) >= 11 is 2.89. The Labute approximate surface area is 95.4 Å². The fraction of sp³-hybridized carbons (Fsp3) is 0.200. The van der Waals surface area contributed by atoms with Crippen molar-refractivity contribution < 1.29 is 9.53 Å². The van der Waals surface area contributed by atoms with Gasteiger partial charge in [-0.25, -0.2) is 4.79 Å². The van der Waals surface area contributed by atoms with E-state index >= 15 is 0 Å². The van der Waals surface area contributed by atoms with E-state index < -0.39 is 0 Å². The van der Waals surface area contributed by atoms with Gasteiger partial charge in [0.15, 0.2) is 0 Å². The lowest BCUT2D eigenvalue weighted by Gasteiger charge is -2.01. The van der Waals surface area contributed by atoms with E-state index in [2.05, 4.69) is 4.98 Å². The van der Waals surface area contributed by atoms with Crippen molar-refractivity contribution in [1.29, 1.82) is 0 Å². The van der Waals surface area contributed by atoms with Crippen molar-refractivity contribution in [3.05, 3.63) is 38.5 Å². The Morgan fingerprint density at radius 3 is 3.00 bits per heavy atom. The molecule has 0 aliphatic heterocycles. The first-order valence-electron chi connectivity index (χ1n) is 4.36. The first-order chi connectivity index (χ1) is 7.27. The lowest BCUT2D eigenvalue weighted by Crippen LogP contribution is -2.03. The first kappa shape index (κ1) is 10.3.